The molecule has 1 fully saturated rings. The third kappa shape index (κ3) is 26.1. The number of carbonyl (C=O) groups is 1. The largest absolute Gasteiger partial charge is 0.394 e. The molecule has 0 saturated carbocycles. The number of allylic oxidation sites excluding steroid dienone is 5. The summed E-state index contributed by atoms with van der Waals surface area (Å²) in [6.45, 7) is 3.56. The van der Waals surface area contributed by atoms with Gasteiger partial charge in [-0.15, -0.1) is 0 Å². The van der Waals surface area contributed by atoms with Gasteiger partial charge in [0.2, 0.25) is 5.91 Å². The zero-order valence-electron chi connectivity index (χ0n) is 34.8. The van der Waals surface area contributed by atoms with E-state index in [9.17, 15) is 35.4 Å². The van der Waals surface area contributed by atoms with Gasteiger partial charge in [0.25, 0.3) is 0 Å². The van der Waals surface area contributed by atoms with Crippen molar-refractivity contribution in [3.05, 3.63) is 36.5 Å². The van der Waals surface area contributed by atoms with E-state index in [1.165, 1.54) is 109 Å². The molecule has 0 aliphatic carbocycles. The Bertz CT molecular complexity index is 974. The second-order valence-electron chi connectivity index (χ2n) is 15.6. The van der Waals surface area contributed by atoms with E-state index in [2.05, 4.69) is 43.5 Å². The lowest BCUT2D eigenvalue weighted by atomic mass is 9.99. The average Bonchev–Trinajstić information content (AvgIpc) is 3.18. The van der Waals surface area contributed by atoms with E-state index in [1.54, 1.807) is 6.08 Å². The highest BCUT2D eigenvalue weighted by molar-refractivity contribution is 5.80. The lowest BCUT2D eigenvalue weighted by Gasteiger charge is -2.40. The first-order chi connectivity index (χ1) is 26.8. The fourth-order valence-corrected chi connectivity index (χ4v) is 6.82. The first-order valence-electron chi connectivity index (χ1n) is 22.3. The second kappa shape index (κ2) is 35.5. The summed E-state index contributed by atoms with van der Waals surface area (Å²) in [5, 5.41) is 64.5. The van der Waals surface area contributed by atoms with E-state index in [0.717, 1.165) is 38.5 Å². The molecule has 55 heavy (non-hydrogen) atoms. The Hall–Kier alpha value is -1.63. The van der Waals surface area contributed by atoms with Crippen molar-refractivity contribution in [1.29, 1.82) is 0 Å². The molecule has 1 aliphatic heterocycles. The van der Waals surface area contributed by atoms with Crippen LogP contribution in [0.15, 0.2) is 36.5 Å². The minimum atomic E-state index is -1.62. The topological polar surface area (TPSA) is 169 Å². The molecule has 0 radical (unpaired) electrons. The van der Waals surface area contributed by atoms with Crippen LogP contribution in [0.4, 0.5) is 0 Å². The van der Waals surface area contributed by atoms with Crippen molar-refractivity contribution < 1.29 is 44.9 Å². The predicted molar refractivity (Wildman–Crippen MR) is 222 cm³/mol. The molecule has 1 rings (SSSR count). The summed E-state index contributed by atoms with van der Waals surface area (Å²) in [5.74, 6) is -0.633. The summed E-state index contributed by atoms with van der Waals surface area (Å²) >= 11 is 0. The van der Waals surface area contributed by atoms with Gasteiger partial charge in [-0.1, -0.05) is 159 Å². The number of nitrogens with one attached hydrogen (secondary N) is 1. The molecule has 0 aromatic heterocycles. The molecular formula is C45H83NO9. The molecule has 8 atom stereocenters. The first kappa shape index (κ1) is 51.4. The van der Waals surface area contributed by atoms with Crippen molar-refractivity contribution in [2.45, 2.75) is 230 Å². The Balaban J connectivity index is 2.48. The molecule has 0 aromatic rings. The van der Waals surface area contributed by atoms with Crippen LogP contribution in [-0.2, 0) is 14.3 Å². The maximum absolute atomic E-state index is 13.0. The first-order valence-corrected chi connectivity index (χ1v) is 22.3. The number of unbranched alkanes of at least 4 members (excludes halogenated alkanes) is 21. The zero-order valence-corrected chi connectivity index (χ0v) is 34.8. The van der Waals surface area contributed by atoms with E-state index in [1.807, 2.05) is 6.08 Å². The Morgan fingerprint density at radius 2 is 1.07 bits per heavy atom. The van der Waals surface area contributed by atoms with Crippen LogP contribution < -0.4 is 5.32 Å². The molecule has 10 heteroatoms. The second-order valence-corrected chi connectivity index (χ2v) is 15.6. The van der Waals surface area contributed by atoms with Gasteiger partial charge in [0, 0.05) is 0 Å². The minimum Gasteiger partial charge on any atom is -0.394 e. The number of rotatable bonds is 36. The highest BCUT2D eigenvalue weighted by atomic mass is 16.7. The van der Waals surface area contributed by atoms with Crippen LogP contribution in [-0.4, -0.2) is 98.7 Å². The molecule has 1 aliphatic rings. The fraction of sp³-hybridized carbons (Fsp3) is 0.844. The molecule has 10 nitrogen and oxygen atoms in total. The van der Waals surface area contributed by atoms with Crippen molar-refractivity contribution in [3.8, 4) is 0 Å². The maximum atomic E-state index is 13.0. The standard InChI is InChI=1S/C45H83NO9/c1-3-5-7-9-11-13-15-17-19-20-22-23-25-27-29-31-33-38(48)37(36-54-45-43(52)42(51)41(50)40(35-47)55-45)46-44(53)39(49)34-32-30-28-26-24-21-18-16-14-12-10-8-6-4-2/h14,16,23,25,31,33,37-43,45,47-52H,3-13,15,17-22,24,26-30,32,34-36H2,1-2H3,(H,46,53)/b16-14-,25-23+,33-31+. The third-order valence-electron chi connectivity index (χ3n) is 10.5. The van der Waals surface area contributed by atoms with Crippen LogP contribution in [0.3, 0.4) is 0 Å². The van der Waals surface area contributed by atoms with Gasteiger partial charge in [-0.25, -0.2) is 0 Å². The highest BCUT2D eigenvalue weighted by Gasteiger charge is 2.44. The molecule has 7 N–H and O–H groups in total. The molecule has 0 spiro atoms. The van der Waals surface area contributed by atoms with Crippen molar-refractivity contribution in [3.63, 3.8) is 0 Å². The molecule has 0 aromatic carbocycles. The van der Waals surface area contributed by atoms with Gasteiger partial charge in [-0.2, -0.15) is 0 Å². The molecule has 8 unspecified atom stereocenters. The van der Waals surface area contributed by atoms with Gasteiger partial charge in [0.1, 0.15) is 30.5 Å². The summed E-state index contributed by atoms with van der Waals surface area (Å²) < 4.78 is 11.1. The monoisotopic (exact) mass is 782 g/mol. The van der Waals surface area contributed by atoms with Crippen molar-refractivity contribution in [1.82, 2.24) is 5.32 Å². The molecule has 1 heterocycles. The summed E-state index contributed by atoms with van der Waals surface area (Å²) in [4.78, 5) is 13.0. The van der Waals surface area contributed by atoms with Crippen molar-refractivity contribution in [2.24, 2.45) is 0 Å². The quantitative estimate of drug-likeness (QED) is 0.0247. The summed E-state index contributed by atoms with van der Waals surface area (Å²) in [6.07, 6.45) is 32.3. The number of ether oxygens (including phenoxy) is 2. The molecular weight excluding hydrogens is 698 g/mol. The average molecular weight is 782 g/mol. The Labute approximate surface area is 334 Å². The van der Waals surface area contributed by atoms with E-state index >= 15 is 0 Å². The van der Waals surface area contributed by atoms with Gasteiger partial charge in [-0.3, -0.25) is 4.79 Å². The Morgan fingerprint density at radius 3 is 1.60 bits per heavy atom. The summed E-state index contributed by atoms with van der Waals surface area (Å²) in [5.41, 5.74) is 0. The van der Waals surface area contributed by atoms with Gasteiger partial charge < -0.3 is 45.4 Å². The van der Waals surface area contributed by atoms with Crippen LogP contribution in [0, 0.1) is 0 Å². The van der Waals surface area contributed by atoms with Crippen LogP contribution in [0.2, 0.25) is 0 Å². The minimum absolute atomic E-state index is 0.296. The predicted octanol–water partition coefficient (Wildman–Crippen LogP) is 7.86. The Kier molecular flexibility index (Phi) is 33.2. The summed E-state index contributed by atoms with van der Waals surface area (Å²) in [7, 11) is 0. The summed E-state index contributed by atoms with van der Waals surface area (Å²) in [6, 6.07) is -0.997. The number of carbonyl (C=O) groups excluding carboxylic acids is 1. The van der Waals surface area contributed by atoms with Crippen LogP contribution in [0.25, 0.3) is 0 Å². The normalized spacial score (nSPS) is 22.2. The number of aliphatic hydroxyl groups is 6. The van der Waals surface area contributed by atoms with Gasteiger partial charge >= 0.3 is 0 Å². The van der Waals surface area contributed by atoms with Crippen molar-refractivity contribution >= 4 is 5.91 Å². The molecule has 322 valence electrons. The molecule has 1 saturated heterocycles. The SMILES string of the molecule is CCCCCC/C=C\CCCCCCCCC(O)C(=O)NC(COC1OC(CO)C(O)C(O)C1O)C(O)/C=C/CC/C=C/CCCCCCCCCCCC. The van der Waals surface area contributed by atoms with Crippen molar-refractivity contribution in [2.75, 3.05) is 13.2 Å². The van der Waals surface area contributed by atoms with Crippen LogP contribution >= 0.6 is 0 Å². The van der Waals surface area contributed by atoms with Gasteiger partial charge in [0.05, 0.1) is 25.4 Å². The van der Waals surface area contributed by atoms with E-state index in [0.29, 0.717) is 19.3 Å². The third-order valence-corrected chi connectivity index (χ3v) is 10.5. The van der Waals surface area contributed by atoms with Crippen LogP contribution in [0.5, 0.6) is 0 Å². The highest BCUT2D eigenvalue weighted by Crippen LogP contribution is 2.22. The van der Waals surface area contributed by atoms with E-state index in [4.69, 9.17) is 9.47 Å². The fourth-order valence-electron chi connectivity index (χ4n) is 6.82. The number of aliphatic hydroxyl groups excluding tert-OH is 6. The maximum Gasteiger partial charge on any atom is 0.249 e. The Morgan fingerprint density at radius 1 is 0.618 bits per heavy atom. The van der Waals surface area contributed by atoms with Gasteiger partial charge in [-0.05, 0) is 57.8 Å². The lowest BCUT2D eigenvalue weighted by Crippen LogP contribution is -2.60. The number of hydrogen-bond donors (Lipinski definition) is 7. The zero-order chi connectivity index (χ0) is 40.4. The lowest BCUT2D eigenvalue weighted by molar-refractivity contribution is -0.302. The van der Waals surface area contributed by atoms with E-state index < -0.39 is 61.5 Å². The van der Waals surface area contributed by atoms with E-state index in [-0.39, 0.29) is 6.61 Å². The molecule has 1 amide bonds. The van der Waals surface area contributed by atoms with Gasteiger partial charge in [0.15, 0.2) is 6.29 Å². The molecule has 0 bridgehead atoms. The smallest absolute Gasteiger partial charge is 0.249 e. The number of hydrogen-bond acceptors (Lipinski definition) is 9. The van der Waals surface area contributed by atoms with Crippen LogP contribution in [0.1, 0.15) is 181 Å². The number of amides is 1.